The van der Waals surface area contributed by atoms with Crippen LogP contribution < -0.4 is 10.0 Å². The number of rotatable bonds is 10. The van der Waals surface area contributed by atoms with Crippen molar-refractivity contribution in [3.8, 4) is 0 Å². The quantitative estimate of drug-likeness (QED) is 0.318. The Morgan fingerprint density at radius 3 is 2.58 bits per heavy atom. The number of carbonyl (C=O) groups excluding carboxylic acids is 1. The average molecular weight is 497 g/mol. The van der Waals surface area contributed by atoms with Gasteiger partial charge in [-0.25, -0.2) is 13.1 Å². The van der Waals surface area contributed by atoms with E-state index in [1.807, 2.05) is 37.3 Å². The van der Waals surface area contributed by atoms with Gasteiger partial charge in [0.2, 0.25) is 15.2 Å². The second kappa shape index (κ2) is 10.6. The summed E-state index contributed by atoms with van der Waals surface area (Å²) in [7, 11) is -3.20. The first-order valence-corrected chi connectivity index (χ1v) is 13.3. The van der Waals surface area contributed by atoms with E-state index in [-0.39, 0.29) is 11.5 Å². The summed E-state index contributed by atoms with van der Waals surface area (Å²) in [6, 6.07) is 12.9. The zero-order chi connectivity index (χ0) is 22.4. The fourth-order valence-electron chi connectivity index (χ4n) is 2.56. The number of aromatic nitrogens is 2. The first-order chi connectivity index (χ1) is 14.7. The summed E-state index contributed by atoms with van der Waals surface area (Å²) in [5.41, 5.74) is 3.38. The lowest BCUT2D eigenvalue weighted by atomic mass is 10.1. The van der Waals surface area contributed by atoms with E-state index in [4.69, 9.17) is 11.6 Å². The van der Waals surface area contributed by atoms with E-state index < -0.39 is 10.0 Å². The zero-order valence-electron chi connectivity index (χ0n) is 16.9. The number of hydrogen-bond acceptors (Lipinski definition) is 8. The Kier molecular flexibility index (Phi) is 8.06. The number of nitrogens with one attached hydrogen (secondary N) is 2. The minimum atomic E-state index is -3.20. The largest absolute Gasteiger partial charge is 0.330 e. The summed E-state index contributed by atoms with van der Waals surface area (Å²) in [6.45, 7) is 2.26. The van der Waals surface area contributed by atoms with Crippen molar-refractivity contribution in [1.82, 2.24) is 14.9 Å². The summed E-state index contributed by atoms with van der Waals surface area (Å²) in [5, 5.41) is 12.7. The molecule has 0 amide bonds. The average Bonchev–Trinajstić information content (AvgIpc) is 3.16. The van der Waals surface area contributed by atoms with Crippen molar-refractivity contribution >= 4 is 61.3 Å². The summed E-state index contributed by atoms with van der Waals surface area (Å²) in [4.78, 5) is 12.5. The number of ketones is 1. The second-order valence-electron chi connectivity index (χ2n) is 6.79. The summed E-state index contributed by atoms with van der Waals surface area (Å²) < 4.78 is 25.3. The molecule has 164 valence electrons. The molecule has 31 heavy (non-hydrogen) atoms. The van der Waals surface area contributed by atoms with Crippen LogP contribution in [0.25, 0.3) is 0 Å². The van der Waals surface area contributed by atoms with E-state index in [0.717, 1.165) is 23.1 Å². The SMILES string of the molecule is Cc1ccc(Nc2nnc(SCC(=O)c3ccc(CCNS(C)(=O)=O)cc3)s2)cc1Cl. The maximum atomic E-state index is 12.5. The molecule has 0 saturated carbocycles. The molecule has 0 radical (unpaired) electrons. The summed E-state index contributed by atoms with van der Waals surface area (Å²) >= 11 is 8.84. The minimum Gasteiger partial charge on any atom is -0.330 e. The minimum absolute atomic E-state index is 0.0131. The van der Waals surface area contributed by atoms with Crippen molar-refractivity contribution in [2.24, 2.45) is 0 Å². The first-order valence-electron chi connectivity index (χ1n) is 9.26. The smallest absolute Gasteiger partial charge is 0.210 e. The number of halogens is 1. The van der Waals surface area contributed by atoms with Gasteiger partial charge < -0.3 is 5.32 Å². The van der Waals surface area contributed by atoms with Crippen LogP contribution in [0, 0.1) is 6.92 Å². The molecular weight excluding hydrogens is 476 g/mol. The Morgan fingerprint density at radius 1 is 1.16 bits per heavy atom. The standard InChI is InChI=1S/C20H21ClN4O3S3/c1-13-3-8-16(11-17(13)21)23-19-24-25-20(30-19)29-12-18(26)15-6-4-14(5-7-15)9-10-22-31(2,27)28/h3-8,11,22H,9-10,12H2,1-2H3,(H,23,24). The van der Waals surface area contributed by atoms with E-state index in [2.05, 4.69) is 20.2 Å². The summed E-state index contributed by atoms with van der Waals surface area (Å²) in [5.74, 6) is 0.237. The Bertz CT molecular complexity index is 1160. The monoisotopic (exact) mass is 496 g/mol. The number of thioether (sulfide) groups is 1. The van der Waals surface area contributed by atoms with Crippen molar-refractivity contribution in [2.45, 2.75) is 17.7 Å². The molecule has 0 aliphatic rings. The molecule has 0 bridgehead atoms. The molecule has 2 N–H and O–H groups in total. The lowest BCUT2D eigenvalue weighted by Gasteiger charge is -2.04. The molecule has 0 spiro atoms. The number of Topliss-reactive ketones (excluding diaryl/α,β-unsaturated/α-hetero) is 1. The van der Waals surface area contributed by atoms with E-state index in [0.29, 0.717) is 33.0 Å². The van der Waals surface area contributed by atoms with Crippen LogP contribution in [0.15, 0.2) is 46.8 Å². The number of carbonyl (C=O) groups is 1. The second-order valence-corrected chi connectivity index (χ2v) is 11.2. The predicted octanol–water partition coefficient (Wildman–Crippen LogP) is 4.31. The third-order valence-electron chi connectivity index (χ3n) is 4.21. The highest BCUT2D eigenvalue weighted by Crippen LogP contribution is 2.29. The number of aryl methyl sites for hydroxylation is 1. The normalized spacial score (nSPS) is 11.5. The van der Waals surface area contributed by atoms with Gasteiger partial charge in [-0.3, -0.25) is 4.79 Å². The molecule has 3 rings (SSSR count). The molecule has 7 nitrogen and oxygen atoms in total. The molecule has 0 unspecified atom stereocenters. The maximum absolute atomic E-state index is 12.5. The molecule has 0 fully saturated rings. The van der Waals surface area contributed by atoms with Crippen LogP contribution in [0.1, 0.15) is 21.5 Å². The summed E-state index contributed by atoms with van der Waals surface area (Å²) in [6.07, 6.45) is 1.69. The highest BCUT2D eigenvalue weighted by molar-refractivity contribution is 8.01. The Morgan fingerprint density at radius 2 is 1.90 bits per heavy atom. The van der Waals surface area contributed by atoms with Gasteiger partial charge in [-0.2, -0.15) is 0 Å². The molecule has 0 atom stereocenters. The van der Waals surface area contributed by atoms with Crippen LogP contribution >= 0.6 is 34.7 Å². The molecule has 1 aromatic heterocycles. The first kappa shape index (κ1) is 23.7. The molecule has 11 heteroatoms. The van der Waals surface area contributed by atoms with Gasteiger partial charge in [-0.05, 0) is 36.6 Å². The van der Waals surface area contributed by atoms with Gasteiger partial charge in [-0.15, -0.1) is 10.2 Å². The molecular formula is C20H21ClN4O3S3. The van der Waals surface area contributed by atoms with Gasteiger partial charge in [0.15, 0.2) is 10.1 Å². The van der Waals surface area contributed by atoms with Gasteiger partial charge in [0.1, 0.15) is 0 Å². The Labute approximate surface area is 194 Å². The maximum Gasteiger partial charge on any atom is 0.210 e. The predicted molar refractivity (Wildman–Crippen MR) is 127 cm³/mol. The number of nitrogens with zero attached hydrogens (tertiary/aromatic N) is 2. The van der Waals surface area contributed by atoms with Crippen LogP contribution in [0.3, 0.4) is 0 Å². The van der Waals surface area contributed by atoms with Gasteiger partial charge >= 0.3 is 0 Å². The molecule has 0 saturated heterocycles. The lowest BCUT2D eigenvalue weighted by Crippen LogP contribution is -2.24. The molecule has 2 aromatic carbocycles. The molecule has 0 aliphatic heterocycles. The van der Waals surface area contributed by atoms with Crippen molar-refractivity contribution in [3.05, 3.63) is 64.2 Å². The highest BCUT2D eigenvalue weighted by atomic mass is 35.5. The highest BCUT2D eigenvalue weighted by Gasteiger charge is 2.11. The van der Waals surface area contributed by atoms with Crippen molar-refractivity contribution < 1.29 is 13.2 Å². The third kappa shape index (κ3) is 7.58. The zero-order valence-corrected chi connectivity index (χ0v) is 20.1. The van der Waals surface area contributed by atoms with Crippen molar-refractivity contribution in [2.75, 3.05) is 23.9 Å². The number of sulfonamides is 1. The van der Waals surface area contributed by atoms with Crippen LogP contribution in [0.4, 0.5) is 10.8 Å². The fourth-order valence-corrected chi connectivity index (χ4v) is 4.88. The molecule has 0 aliphatic carbocycles. The van der Waals surface area contributed by atoms with Gasteiger partial charge in [0, 0.05) is 22.8 Å². The Balaban J connectivity index is 1.49. The topological polar surface area (TPSA) is 101 Å². The van der Waals surface area contributed by atoms with E-state index in [9.17, 15) is 13.2 Å². The van der Waals surface area contributed by atoms with Gasteiger partial charge in [-0.1, -0.05) is 65.0 Å². The fraction of sp³-hybridized carbons (Fsp3) is 0.250. The van der Waals surface area contributed by atoms with Crippen LogP contribution in [0.2, 0.25) is 5.02 Å². The van der Waals surface area contributed by atoms with Gasteiger partial charge in [0.25, 0.3) is 0 Å². The van der Waals surface area contributed by atoms with Crippen molar-refractivity contribution in [3.63, 3.8) is 0 Å². The van der Waals surface area contributed by atoms with Crippen LogP contribution in [0.5, 0.6) is 0 Å². The lowest BCUT2D eigenvalue weighted by molar-refractivity contribution is 0.102. The van der Waals surface area contributed by atoms with Crippen LogP contribution in [-0.2, 0) is 16.4 Å². The Hall–Kier alpha value is -1.98. The molecule has 1 heterocycles. The van der Waals surface area contributed by atoms with E-state index in [1.54, 1.807) is 12.1 Å². The van der Waals surface area contributed by atoms with E-state index >= 15 is 0 Å². The van der Waals surface area contributed by atoms with Crippen LogP contribution in [-0.4, -0.2) is 43.0 Å². The number of hydrogen-bond donors (Lipinski definition) is 2. The number of benzene rings is 2. The number of anilines is 2. The third-order valence-corrected chi connectivity index (χ3v) is 7.32. The molecule has 3 aromatic rings. The van der Waals surface area contributed by atoms with E-state index in [1.165, 1.54) is 23.1 Å². The van der Waals surface area contributed by atoms with Gasteiger partial charge in [0.05, 0.1) is 12.0 Å². The van der Waals surface area contributed by atoms with Crippen molar-refractivity contribution in [1.29, 1.82) is 0 Å².